The summed E-state index contributed by atoms with van der Waals surface area (Å²) in [5.74, 6) is 0.155. The summed E-state index contributed by atoms with van der Waals surface area (Å²) in [4.78, 5) is 14.8. The number of nitrogens with one attached hydrogen (secondary N) is 1. The number of carbonyl (C=O) groups is 1. The summed E-state index contributed by atoms with van der Waals surface area (Å²) in [6.07, 6.45) is 4.71. The molecule has 1 aromatic carbocycles. The first-order valence-electron chi connectivity index (χ1n) is 9.72. The molecule has 0 unspecified atom stereocenters. The molecule has 0 atom stereocenters. The number of carbonyl (C=O) groups excluding carboxylic acids is 1. The Labute approximate surface area is 173 Å². The molecule has 2 aliphatic rings. The van der Waals surface area contributed by atoms with Crippen LogP contribution in [0.2, 0.25) is 0 Å². The van der Waals surface area contributed by atoms with Crippen LogP contribution >= 0.6 is 12.4 Å². The number of hydrogen-bond acceptors (Lipinski definition) is 5. The summed E-state index contributed by atoms with van der Waals surface area (Å²) in [6.45, 7) is 3.97. The van der Waals surface area contributed by atoms with Gasteiger partial charge >= 0.3 is 0 Å². The van der Waals surface area contributed by atoms with Crippen LogP contribution in [0, 0.1) is 0 Å². The van der Waals surface area contributed by atoms with E-state index in [0.717, 1.165) is 45.2 Å². The zero-order chi connectivity index (χ0) is 19.3. The van der Waals surface area contributed by atoms with Gasteiger partial charge in [0, 0.05) is 38.3 Å². The Kier molecular flexibility index (Phi) is 8.55. The third-order valence-corrected chi connectivity index (χ3v) is 7.14. The third kappa shape index (κ3) is 5.17. The minimum atomic E-state index is -3.70. The van der Waals surface area contributed by atoms with Gasteiger partial charge in [-0.05, 0) is 44.0 Å². The number of halogens is 1. The molecular weight excluding hydrogens is 402 g/mol. The fraction of sp³-hybridized carbons (Fsp3) is 0.632. The van der Waals surface area contributed by atoms with Gasteiger partial charge in [-0.25, -0.2) is 8.42 Å². The minimum absolute atomic E-state index is 0. The molecule has 0 spiro atoms. The second-order valence-electron chi connectivity index (χ2n) is 7.08. The van der Waals surface area contributed by atoms with E-state index in [0.29, 0.717) is 31.7 Å². The van der Waals surface area contributed by atoms with Crippen molar-refractivity contribution < 1.29 is 17.9 Å². The van der Waals surface area contributed by atoms with Crippen molar-refractivity contribution in [3.63, 3.8) is 0 Å². The van der Waals surface area contributed by atoms with Crippen molar-refractivity contribution in [1.29, 1.82) is 0 Å². The van der Waals surface area contributed by atoms with E-state index < -0.39 is 10.0 Å². The lowest BCUT2D eigenvalue weighted by molar-refractivity contribution is 0.0766. The highest BCUT2D eigenvalue weighted by molar-refractivity contribution is 7.89. The minimum Gasteiger partial charge on any atom is -0.495 e. The molecule has 2 aliphatic heterocycles. The number of amides is 1. The standard InChI is InChI=1S/C19H29N3O4S.ClH/c1-26-17-8-7-16(19(23)21-11-6-9-20-10-14-21)15-18(17)27(24,25)22-12-4-2-3-5-13-22;/h7-8,15,20H,2-6,9-14H2,1H3;1H. The molecule has 7 nitrogen and oxygen atoms in total. The van der Waals surface area contributed by atoms with Gasteiger partial charge in [0.25, 0.3) is 5.91 Å². The first-order chi connectivity index (χ1) is 13.0. The number of rotatable bonds is 4. The lowest BCUT2D eigenvalue weighted by atomic mass is 10.2. The van der Waals surface area contributed by atoms with E-state index in [1.165, 1.54) is 17.5 Å². The molecule has 0 aliphatic carbocycles. The fourth-order valence-corrected chi connectivity index (χ4v) is 5.36. The van der Waals surface area contributed by atoms with Crippen LogP contribution in [-0.4, -0.2) is 69.9 Å². The lowest BCUT2D eigenvalue weighted by Gasteiger charge is -2.23. The zero-order valence-corrected chi connectivity index (χ0v) is 18.0. The summed E-state index contributed by atoms with van der Waals surface area (Å²) < 4.78 is 33.3. The van der Waals surface area contributed by atoms with E-state index in [4.69, 9.17) is 4.74 Å². The van der Waals surface area contributed by atoms with Crippen molar-refractivity contribution >= 4 is 28.3 Å². The van der Waals surface area contributed by atoms with Crippen molar-refractivity contribution in [2.75, 3.05) is 46.4 Å². The Morgan fingerprint density at radius 2 is 1.71 bits per heavy atom. The third-order valence-electron chi connectivity index (χ3n) is 5.22. The molecule has 2 saturated heterocycles. The summed E-state index contributed by atoms with van der Waals surface area (Å²) in [5, 5.41) is 3.27. The van der Waals surface area contributed by atoms with Crippen LogP contribution in [0.3, 0.4) is 0 Å². The molecular formula is C19H30ClN3O4S. The van der Waals surface area contributed by atoms with Crippen LogP contribution in [0.25, 0.3) is 0 Å². The molecule has 0 aromatic heterocycles. The molecule has 3 rings (SSSR count). The number of methoxy groups -OCH3 is 1. The molecule has 158 valence electrons. The quantitative estimate of drug-likeness (QED) is 0.789. The Hall–Kier alpha value is -1.35. The number of nitrogens with zero attached hydrogens (tertiary/aromatic N) is 2. The first-order valence-corrected chi connectivity index (χ1v) is 11.2. The van der Waals surface area contributed by atoms with Gasteiger partial charge in [-0.1, -0.05) is 12.8 Å². The molecule has 1 aromatic rings. The highest BCUT2D eigenvalue weighted by Gasteiger charge is 2.30. The van der Waals surface area contributed by atoms with Crippen molar-refractivity contribution in [3.8, 4) is 5.75 Å². The van der Waals surface area contributed by atoms with Crippen molar-refractivity contribution in [1.82, 2.24) is 14.5 Å². The van der Waals surface area contributed by atoms with E-state index in [-0.39, 0.29) is 29.0 Å². The predicted molar refractivity (Wildman–Crippen MR) is 111 cm³/mol. The maximum atomic E-state index is 13.2. The van der Waals surface area contributed by atoms with Gasteiger partial charge in [-0.2, -0.15) is 4.31 Å². The number of hydrogen-bond donors (Lipinski definition) is 1. The second kappa shape index (κ2) is 10.4. The Bertz CT molecular complexity index is 756. The SMILES string of the molecule is COc1ccc(C(=O)N2CCCNCC2)cc1S(=O)(=O)N1CCCCCC1.Cl. The van der Waals surface area contributed by atoms with Gasteiger partial charge in [0.2, 0.25) is 10.0 Å². The van der Waals surface area contributed by atoms with E-state index in [1.54, 1.807) is 17.0 Å². The first kappa shape index (κ1) is 22.9. The van der Waals surface area contributed by atoms with E-state index in [1.807, 2.05) is 0 Å². The van der Waals surface area contributed by atoms with Crippen LogP contribution in [0.1, 0.15) is 42.5 Å². The summed E-state index contributed by atoms with van der Waals surface area (Å²) in [5.41, 5.74) is 0.395. The molecule has 1 N–H and O–H groups in total. The topological polar surface area (TPSA) is 79.0 Å². The number of ether oxygens (including phenoxy) is 1. The summed E-state index contributed by atoms with van der Waals surface area (Å²) in [7, 11) is -2.24. The van der Waals surface area contributed by atoms with Crippen LogP contribution < -0.4 is 10.1 Å². The molecule has 28 heavy (non-hydrogen) atoms. The Morgan fingerprint density at radius 3 is 2.39 bits per heavy atom. The monoisotopic (exact) mass is 431 g/mol. The zero-order valence-electron chi connectivity index (χ0n) is 16.4. The van der Waals surface area contributed by atoms with Gasteiger partial charge in [0.15, 0.2) is 0 Å². The van der Waals surface area contributed by atoms with Crippen molar-refractivity contribution in [2.45, 2.75) is 37.0 Å². The maximum Gasteiger partial charge on any atom is 0.253 e. The molecule has 0 saturated carbocycles. The summed E-state index contributed by atoms with van der Waals surface area (Å²) in [6, 6.07) is 4.73. The van der Waals surface area contributed by atoms with Gasteiger partial charge in [0.05, 0.1) is 7.11 Å². The average Bonchev–Trinajstić information content (AvgIpc) is 3.12. The normalized spacial score (nSPS) is 19.2. The van der Waals surface area contributed by atoms with Crippen molar-refractivity contribution in [2.24, 2.45) is 0 Å². The van der Waals surface area contributed by atoms with Gasteiger partial charge in [-0.3, -0.25) is 4.79 Å². The van der Waals surface area contributed by atoms with Crippen LogP contribution in [0.5, 0.6) is 5.75 Å². The van der Waals surface area contributed by atoms with Gasteiger partial charge in [0.1, 0.15) is 10.6 Å². The molecule has 0 radical (unpaired) electrons. The van der Waals surface area contributed by atoms with Crippen LogP contribution in [-0.2, 0) is 10.0 Å². The number of sulfonamides is 1. The van der Waals surface area contributed by atoms with Crippen LogP contribution in [0.15, 0.2) is 23.1 Å². The highest BCUT2D eigenvalue weighted by Crippen LogP contribution is 2.29. The molecule has 2 fully saturated rings. The maximum absolute atomic E-state index is 13.2. The van der Waals surface area contributed by atoms with Crippen LogP contribution in [0.4, 0.5) is 0 Å². The largest absolute Gasteiger partial charge is 0.495 e. The predicted octanol–water partition coefficient (Wildman–Crippen LogP) is 2.12. The smallest absolute Gasteiger partial charge is 0.253 e. The van der Waals surface area contributed by atoms with Crippen molar-refractivity contribution in [3.05, 3.63) is 23.8 Å². The lowest BCUT2D eigenvalue weighted by Crippen LogP contribution is -2.35. The average molecular weight is 432 g/mol. The highest BCUT2D eigenvalue weighted by atomic mass is 35.5. The molecule has 0 bridgehead atoms. The van der Waals surface area contributed by atoms with E-state index in [2.05, 4.69) is 5.32 Å². The number of benzene rings is 1. The van der Waals surface area contributed by atoms with Gasteiger partial charge < -0.3 is 15.0 Å². The Morgan fingerprint density at radius 1 is 1.00 bits per heavy atom. The van der Waals surface area contributed by atoms with Gasteiger partial charge in [-0.15, -0.1) is 12.4 Å². The second-order valence-corrected chi connectivity index (χ2v) is 8.99. The molecule has 1 amide bonds. The Balaban J connectivity index is 0.00000280. The molecule has 9 heteroatoms. The van der Waals surface area contributed by atoms with E-state index in [9.17, 15) is 13.2 Å². The fourth-order valence-electron chi connectivity index (χ4n) is 3.66. The van der Waals surface area contributed by atoms with E-state index >= 15 is 0 Å². The summed E-state index contributed by atoms with van der Waals surface area (Å²) >= 11 is 0. The molecule has 2 heterocycles.